The van der Waals surface area contributed by atoms with Crippen LogP contribution < -0.4 is 11.3 Å². The van der Waals surface area contributed by atoms with Crippen molar-refractivity contribution in [1.82, 2.24) is 9.38 Å². The van der Waals surface area contributed by atoms with Crippen molar-refractivity contribution in [3.63, 3.8) is 0 Å². The van der Waals surface area contributed by atoms with Crippen LogP contribution in [0.2, 0.25) is 0 Å². The molecule has 0 aliphatic rings. The van der Waals surface area contributed by atoms with Gasteiger partial charge >= 0.3 is 0 Å². The standard InChI is InChI=1S/C16H15N3OS/c1-10(17)15-14(11-6-2-3-7-12(11)21)16(20)19-9-5-4-8-13(19)18-15/h2-10,21H,17H2,1H3. The summed E-state index contributed by atoms with van der Waals surface area (Å²) in [7, 11) is 0. The number of thiol groups is 1. The summed E-state index contributed by atoms with van der Waals surface area (Å²) in [5, 5.41) is 0. The van der Waals surface area contributed by atoms with E-state index in [0.717, 1.165) is 10.5 Å². The second-order valence-electron chi connectivity index (χ2n) is 4.91. The monoisotopic (exact) mass is 297 g/mol. The van der Waals surface area contributed by atoms with Gasteiger partial charge in [-0.1, -0.05) is 24.3 Å². The van der Waals surface area contributed by atoms with E-state index in [1.807, 2.05) is 37.3 Å². The molecular formula is C16H15N3OS. The molecule has 0 amide bonds. The lowest BCUT2D eigenvalue weighted by molar-refractivity contribution is 0.776. The summed E-state index contributed by atoms with van der Waals surface area (Å²) in [4.78, 5) is 18.1. The van der Waals surface area contributed by atoms with Crippen LogP contribution in [0.3, 0.4) is 0 Å². The summed E-state index contributed by atoms with van der Waals surface area (Å²) in [6, 6.07) is 12.6. The molecule has 106 valence electrons. The van der Waals surface area contributed by atoms with Crippen LogP contribution in [0.1, 0.15) is 18.7 Å². The molecule has 0 spiro atoms. The number of fused-ring (bicyclic) bond motifs is 1. The van der Waals surface area contributed by atoms with Crippen LogP contribution in [0.25, 0.3) is 16.8 Å². The van der Waals surface area contributed by atoms with Crippen molar-refractivity contribution in [3.05, 3.63) is 64.7 Å². The van der Waals surface area contributed by atoms with Gasteiger partial charge in [-0.2, -0.15) is 0 Å². The van der Waals surface area contributed by atoms with Crippen LogP contribution in [0.5, 0.6) is 0 Å². The van der Waals surface area contributed by atoms with Crippen LogP contribution in [0.15, 0.2) is 58.4 Å². The largest absolute Gasteiger partial charge is 0.323 e. The van der Waals surface area contributed by atoms with Gasteiger partial charge in [0, 0.05) is 22.7 Å². The van der Waals surface area contributed by atoms with Crippen molar-refractivity contribution in [3.8, 4) is 11.1 Å². The van der Waals surface area contributed by atoms with Crippen LogP contribution >= 0.6 is 12.6 Å². The van der Waals surface area contributed by atoms with Gasteiger partial charge in [-0.15, -0.1) is 12.6 Å². The van der Waals surface area contributed by atoms with Crippen LogP contribution in [0.4, 0.5) is 0 Å². The van der Waals surface area contributed by atoms with Crippen molar-refractivity contribution in [2.24, 2.45) is 5.73 Å². The van der Waals surface area contributed by atoms with Crippen molar-refractivity contribution in [1.29, 1.82) is 0 Å². The second-order valence-corrected chi connectivity index (χ2v) is 5.39. The Kier molecular flexibility index (Phi) is 3.53. The molecular weight excluding hydrogens is 282 g/mol. The first-order valence-electron chi connectivity index (χ1n) is 6.65. The van der Waals surface area contributed by atoms with Crippen molar-refractivity contribution < 1.29 is 0 Å². The average molecular weight is 297 g/mol. The van der Waals surface area contributed by atoms with Crippen molar-refractivity contribution >= 4 is 18.3 Å². The van der Waals surface area contributed by atoms with E-state index >= 15 is 0 Å². The zero-order valence-electron chi connectivity index (χ0n) is 11.5. The number of pyridine rings is 1. The Hall–Kier alpha value is -2.11. The molecule has 3 rings (SSSR count). The summed E-state index contributed by atoms with van der Waals surface area (Å²) in [6.45, 7) is 1.83. The van der Waals surface area contributed by atoms with Crippen LogP contribution in [0, 0.1) is 0 Å². The highest BCUT2D eigenvalue weighted by Crippen LogP contribution is 2.28. The van der Waals surface area contributed by atoms with Gasteiger partial charge in [0.15, 0.2) is 0 Å². The Morgan fingerprint density at radius 2 is 1.90 bits per heavy atom. The minimum Gasteiger partial charge on any atom is -0.323 e. The first-order valence-corrected chi connectivity index (χ1v) is 7.09. The van der Waals surface area contributed by atoms with E-state index < -0.39 is 0 Å². The Morgan fingerprint density at radius 1 is 1.19 bits per heavy atom. The molecule has 21 heavy (non-hydrogen) atoms. The smallest absolute Gasteiger partial charge is 0.266 e. The van der Waals surface area contributed by atoms with E-state index in [1.54, 1.807) is 18.3 Å². The van der Waals surface area contributed by atoms with E-state index in [2.05, 4.69) is 17.6 Å². The van der Waals surface area contributed by atoms with E-state index in [9.17, 15) is 4.79 Å². The number of hydrogen-bond acceptors (Lipinski definition) is 4. The van der Waals surface area contributed by atoms with Gasteiger partial charge in [0.25, 0.3) is 5.56 Å². The second kappa shape index (κ2) is 5.35. The van der Waals surface area contributed by atoms with E-state index in [1.165, 1.54) is 4.40 Å². The maximum Gasteiger partial charge on any atom is 0.266 e. The molecule has 2 aromatic heterocycles. The summed E-state index contributed by atoms with van der Waals surface area (Å²) in [5.41, 5.74) is 8.35. The zero-order chi connectivity index (χ0) is 15.0. The summed E-state index contributed by atoms with van der Waals surface area (Å²) >= 11 is 4.45. The molecule has 2 N–H and O–H groups in total. The Morgan fingerprint density at radius 3 is 2.62 bits per heavy atom. The Bertz CT molecular complexity index is 871. The lowest BCUT2D eigenvalue weighted by Gasteiger charge is -2.14. The van der Waals surface area contributed by atoms with Gasteiger partial charge in [-0.05, 0) is 25.1 Å². The number of rotatable bonds is 2. The van der Waals surface area contributed by atoms with Gasteiger partial charge < -0.3 is 5.73 Å². The maximum atomic E-state index is 12.8. The van der Waals surface area contributed by atoms with Crippen molar-refractivity contribution in [2.45, 2.75) is 17.9 Å². The summed E-state index contributed by atoms with van der Waals surface area (Å²) in [5.74, 6) is 0. The van der Waals surface area contributed by atoms with E-state index in [-0.39, 0.29) is 11.6 Å². The molecule has 5 heteroatoms. The molecule has 0 fully saturated rings. The van der Waals surface area contributed by atoms with Gasteiger partial charge in [0.1, 0.15) is 5.65 Å². The predicted molar refractivity (Wildman–Crippen MR) is 86.8 cm³/mol. The molecule has 1 atom stereocenters. The number of nitrogens with zero attached hydrogens (tertiary/aromatic N) is 2. The topological polar surface area (TPSA) is 60.4 Å². The fourth-order valence-electron chi connectivity index (χ4n) is 2.37. The third-order valence-corrected chi connectivity index (χ3v) is 3.76. The molecule has 1 unspecified atom stereocenters. The molecule has 0 radical (unpaired) electrons. The van der Waals surface area contributed by atoms with Crippen molar-refractivity contribution in [2.75, 3.05) is 0 Å². The summed E-state index contributed by atoms with van der Waals surface area (Å²) in [6.07, 6.45) is 1.71. The Labute approximate surface area is 127 Å². The van der Waals surface area contributed by atoms with Gasteiger partial charge in [0.05, 0.1) is 11.3 Å². The molecule has 0 saturated heterocycles. The highest BCUT2D eigenvalue weighted by molar-refractivity contribution is 7.80. The summed E-state index contributed by atoms with van der Waals surface area (Å²) < 4.78 is 1.53. The molecule has 0 saturated carbocycles. The number of nitrogens with two attached hydrogens (primary N) is 1. The average Bonchev–Trinajstić information content (AvgIpc) is 2.48. The number of benzene rings is 1. The molecule has 0 aliphatic heterocycles. The molecule has 0 aliphatic carbocycles. The lowest BCUT2D eigenvalue weighted by atomic mass is 10.0. The van der Waals surface area contributed by atoms with E-state index in [4.69, 9.17) is 5.73 Å². The van der Waals surface area contributed by atoms with Crippen LogP contribution in [-0.2, 0) is 0 Å². The third-order valence-electron chi connectivity index (χ3n) is 3.37. The highest BCUT2D eigenvalue weighted by Gasteiger charge is 2.18. The lowest BCUT2D eigenvalue weighted by Crippen LogP contribution is -2.23. The fourth-order valence-corrected chi connectivity index (χ4v) is 2.65. The minimum atomic E-state index is -0.342. The predicted octanol–water partition coefficient (Wildman–Crippen LogP) is 2.67. The quantitative estimate of drug-likeness (QED) is 0.715. The van der Waals surface area contributed by atoms with E-state index in [0.29, 0.717) is 16.9 Å². The number of hydrogen-bond donors (Lipinski definition) is 2. The molecule has 3 aromatic rings. The molecule has 1 aromatic carbocycles. The number of aromatic nitrogens is 2. The minimum absolute atomic E-state index is 0.130. The molecule has 2 heterocycles. The Balaban J connectivity index is 2.46. The molecule has 0 bridgehead atoms. The maximum absolute atomic E-state index is 12.8. The fraction of sp³-hybridized carbons (Fsp3) is 0.125. The first-order chi connectivity index (χ1) is 10.1. The van der Waals surface area contributed by atoms with Gasteiger partial charge in [-0.25, -0.2) is 4.98 Å². The first kappa shape index (κ1) is 13.9. The van der Waals surface area contributed by atoms with Crippen LogP contribution in [-0.4, -0.2) is 9.38 Å². The zero-order valence-corrected chi connectivity index (χ0v) is 12.4. The normalized spacial score (nSPS) is 12.5. The highest BCUT2D eigenvalue weighted by atomic mass is 32.1. The van der Waals surface area contributed by atoms with Gasteiger partial charge in [-0.3, -0.25) is 9.20 Å². The SMILES string of the molecule is CC(N)c1nc2ccccn2c(=O)c1-c1ccccc1S. The third kappa shape index (κ3) is 2.34. The van der Waals surface area contributed by atoms with Gasteiger partial charge in [0.2, 0.25) is 0 Å². The molecule has 4 nitrogen and oxygen atoms in total.